The quantitative estimate of drug-likeness (QED) is 0.0582. The van der Waals surface area contributed by atoms with Gasteiger partial charge in [-0.05, 0) is 146 Å². The number of fused-ring (bicyclic) bond motifs is 6. The van der Waals surface area contributed by atoms with Gasteiger partial charge in [0.15, 0.2) is 0 Å². The molecule has 4 saturated heterocycles. The van der Waals surface area contributed by atoms with Crippen molar-refractivity contribution in [3.8, 4) is 22.8 Å². The first-order valence-electron chi connectivity index (χ1n) is 36.7. The number of anilines is 2. The van der Waals surface area contributed by atoms with Gasteiger partial charge in [0.2, 0.25) is 6.34 Å². The number of benzene rings is 7. The molecule has 13 nitrogen and oxygen atoms in total. The van der Waals surface area contributed by atoms with Crippen molar-refractivity contribution in [1.29, 1.82) is 0 Å². The summed E-state index contributed by atoms with van der Waals surface area (Å²) >= 11 is 6.39. The van der Waals surface area contributed by atoms with Crippen LogP contribution in [0.5, 0.6) is 11.5 Å². The van der Waals surface area contributed by atoms with E-state index in [1.807, 2.05) is 30.5 Å². The van der Waals surface area contributed by atoms with E-state index in [9.17, 15) is 5.11 Å². The molecule has 2 N–H and O–H groups in total. The second-order valence-corrected chi connectivity index (χ2v) is 30.2. The van der Waals surface area contributed by atoms with Gasteiger partial charge in [-0.2, -0.15) is 5.10 Å². The largest absolute Gasteiger partial charge is 1.00 e. The number of aromatic nitrogens is 4. The fourth-order valence-electron chi connectivity index (χ4n) is 15.8. The van der Waals surface area contributed by atoms with Crippen LogP contribution in [0.25, 0.3) is 22.2 Å². The van der Waals surface area contributed by atoms with E-state index in [4.69, 9.17) is 30.9 Å². The smallest absolute Gasteiger partial charge is 0.244 e. The zero-order chi connectivity index (χ0) is 69.9. The number of ether oxygens (including phenoxy) is 3. The SMILES string of the molecule is C1CC2COCC1N2.CC(C)c1cccc(C(C)C)c1N1C=[N+](c2c(C(C)C)cccc2C(C)C)CC1.CC1(Oc2ccc3c(c2)c(-c2ccnc(Cl)c2)nn3C(c2ccccc2)(c2ccccc2)c2ccccc2)CC1.Cl.Oc1ccc2c(c1)C(c1ccnc(N3C4CCC3COC4)c1)=NC2.[Cl-]. The summed E-state index contributed by atoms with van der Waals surface area (Å²) in [6, 6.07) is 67.5. The molecule has 7 aromatic carbocycles. The molecule has 0 amide bonds. The highest BCUT2D eigenvalue weighted by molar-refractivity contribution is 6.29. The third kappa shape index (κ3) is 15.7. The maximum atomic E-state index is 9.81. The molecule has 4 unspecified atom stereocenters. The second-order valence-electron chi connectivity index (χ2n) is 29.8. The minimum absolute atomic E-state index is 0. The number of phenolic OH excluding ortho intramolecular Hbond substituents is 1. The Bertz CT molecular complexity index is 4440. The molecule has 5 fully saturated rings. The number of rotatable bonds is 15. The third-order valence-corrected chi connectivity index (χ3v) is 21.4. The maximum Gasteiger partial charge on any atom is 0.244 e. The number of morpholine rings is 2. The van der Waals surface area contributed by atoms with E-state index >= 15 is 0 Å². The standard InChI is InChI=1S/C35H28ClN3O.C27H39N2.C19H19N3O2.C6H11NO.2ClH/c1-34(20-21-34)40-29-17-18-31-30(24-29)33(25-19-22-37-32(36)23-25)38-39(31)35(26-11-5-2-6-12-26,27-13-7-3-8-14-27)28-15-9-4-10-16-28;1-18(2)22-11-9-12-23(19(3)4)26(22)28-15-16-29(17-28)27-24(20(5)6)13-10-14-25(27)21(7)8;23-16-4-1-13-9-21-19(17(13)8-16)12-5-6-20-18(7-12)22-14-2-3-15(22)11-24-10-14;1-2-6-4-8-3-5(1)7-6;;/h2-19,22-24H,20-21H2,1H3;9-14,17-21H,15-16H2,1-8H3;1,4-8,14-15,23H,2-3,9-11H2;5-7H,1-4H2;2*1H/q;+1;;;;/p-1. The van der Waals surface area contributed by atoms with Crippen molar-refractivity contribution >= 4 is 64.2 Å². The number of phenols is 1. The molecule has 16 heteroatoms. The minimum Gasteiger partial charge on any atom is -1.00 e. The van der Waals surface area contributed by atoms with Gasteiger partial charge in [0, 0.05) is 68.8 Å². The summed E-state index contributed by atoms with van der Waals surface area (Å²) in [7, 11) is 0. The van der Waals surface area contributed by atoms with Crippen molar-refractivity contribution < 1.29 is 36.3 Å². The summed E-state index contributed by atoms with van der Waals surface area (Å²) in [5.74, 6) is 4.20. The maximum absolute atomic E-state index is 9.81. The van der Waals surface area contributed by atoms with Gasteiger partial charge in [-0.1, -0.05) is 200 Å². The molecule has 3 aromatic heterocycles. The lowest BCUT2D eigenvalue weighted by Crippen LogP contribution is -3.00. The van der Waals surface area contributed by atoms with Crippen LogP contribution in [0.1, 0.15) is 180 Å². The molecule has 17 rings (SSSR count). The number of hydrogen-bond donors (Lipinski definition) is 2. The van der Waals surface area contributed by atoms with Crippen LogP contribution in [0.15, 0.2) is 205 Å². The fourth-order valence-corrected chi connectivity index (χ4v) is 16.0. The molecule has 103 heavy (non-hydrogen) atoms. The minimum atomic E-state index is -0.748. The first-order chi connectivity index (χ1) is 49.0. The van der Waals surface area contributed by atoms with Crippen LogP contribution in [0.3, 0.4) is 0 Å². The van der Waals surface area contributed by atoms with Gasteiger partial charge >= 0.3 is 0 Å². The summed E-state index contributed by atoms with van der Waals surface area (Å²) in [5, 5.41) is 20.1. The van der Waals surface area contributed by atoms with E-state index in [2.05, 4.69) is 260 Å². The summed E-state index contributed by atoms with van der Waals surface area (Å²) in [6.45, 7) is 26.8. The predicted molar refractivity (Wildman–Crippen MR) is 418 cm³/mol. The Labute approximate surface area is 626 Å². The van der Waals surface area contributed by atoms with Gasteiger partial charge in [-0.3, -0.25) is 4.99 Å². The van der Waals surface area contributed by atoms with E-state index in [1.165, 1.54) is 59.3 Å². The molecule has 0 spiro atoms. The topological polar surface area (TPSA) is 125 Å². The molecule has 9 heterocycles. The van der Waals surface area contributed by atoms with Crippen LogP contribution >= 0.6 is 24.0 Å². The fraction of sp³-hybridized carbons (Fsp3) is 0.368. The Kier molecular flexibility index (Phi) is 23.3. The molecule has 4 atom stereocenters. The molecular formula is C87H98Cl3N9O4. The van der Waals surface area contributed by atoms with E-state index in [0.717, 1.165) is 125 Å². The van der Waals surface area contributed by atoms with Crippen LogP contribution in [0.2, 0.25) is 5.15 Å². The Hall–Kier alpha value is -8.40. The van der Waals surface area contributed by atoms with Crippen molar-refractivity contribution in [2.75, 3.05) is 49.3 Å². The summed E-state index contributed by atoms with van der Waals surface area (Å²) in [5.41, 5.74) is 18.1. The Balaban J connectivity index is 0.000000140. The monoisotopic (exact) mass is 1440 g/mol. The second kappa shape index (κ2) is 32.3. The van der Waals surface area contributed by atoms with E-state index in [-0.39, 0.29) is 36.2 Å². The van der Waals surface area contributed by atoms with Crippen LogP contribution in [-0.2, 0) is 21.6 Å². The van der Waals surface area contributed by atoms with Crippen LogP contribution in [0, 0.1) is 0 Å². The summed E-state index contributed by atoms with van der Waals surface area (Å²) in [6.07, 6.45) is 13.1. The normalized spacial score (nSPS) is 18.9. The molecule has 1 aliphatic carbocycles. The first-order valence-corrected chi connectivity index (χ1v) is 37.1. The Morgan fingerprint density at radius 1 is 0.612 bits per heavy atom. The molecule has 1 saturated carbocycles. The van der Waals surface area contributed by atoms with Gasteiger partial charge in [-0.15, -0.1) is 12.4 Å². The van der Waals surface area contributed by atoms with Crippen LogP contribution in [0.4, 0.5) is 17.2 Å². The lowest BCUT2D eigenvalue weighted by atomic mass is 9.77. The van der Waals surface area contributed by atoms with Gasteiger partial charge in [0.25, 0.3) is 0 Å². The number of aromatic hydroxyl groups is 1. The van der Waals surface area contributed by atoms with Crippen molar-refractivity contribution in [1.82, 2.24) is 25.1 Å². The lowest BCUT2D eigenvalue weighted by molar-refractivity contribution is -0.425. The van der Waals surface area contributed by atoms with E-state index in [1.54, 1.807) is 18.3 Å². The van der Waals surface area contributed by atoms with Crippen molar-refractivity contribution in [2.24, 2.45) is 4.99 Å². The average Bonchev–Trinajstić information content (AvgIpc) is 1.64. The summed E-state index contributed by atoms with van der Waals surface area (Å²) < 4.78 is 22.1. The van der Waals surface area contributed by atoms with Crippen molar-refractivity contribution in [2.45, 2.75) is 166 Å². The molecule has 4 bridgehead atoms. The Morgan fingerprint density at radius 3 is 1.72 bits per heavy atom. The first kappa shape index (κ1) is 74.3. The summed E-state index contributed by atoms with van der Waals surface area (Å²) in [4.78, 5) is 18.5. The predicted octanol–water partition coefficient (Wildman–Crippen LogP) is 16.0. The van der Waals surface area contributed by atoms with Gasteiger partial charge in [0.1, 0.15) is 63.8 Å². The Morgan fingerprint density at radius 2 is 1.17 bits per heavy atom. The molecular weight excluding hydrogens is 1340 g/mol. The molecule has 0 radical (unpaired) electrons. The van der Waals surface area contributed by atoms with Crippen molar-refractivity contribution in [3.63, 3.8) is 0 Å². The van der Waals surface area contributed by atoms with E-state index in [0.29, 0.717) is 59.5 Å². The molecule has 536 valence electrons. The highest BCUT2D eigenvalue weighted by atomic mass is 35.5. The number of pyridine rings is 2. The highest BCUT2D eigenvalue weighted by Crippen LogP contribution is 2.47. The molecule has 6 aliphatic heterocycles. The van der Waals surface area contributed by atoms with Crippen LogP contribution < -0.4 is 32.3 Å². The highest BCUT2D eigenvalue weighted by Gasteiger charge is 2.44. The lowest BCUT2D eigenvalue weighted by Gasteiger charge is -2.37. The van der Waals surface area contributed by atoms with E-state index < -0.39 is 5.54 Å². The number of nitrogens with one attached hydrogen (secondary N) is 1. The van der Waals surface area contributed by atoms with Gasteiger partial charge in [-0.25, -0.2) is 24.1 Å². The zero-order valence-corrected chi connectivity index (χ0v) is 63.2. The zero-order valence-electron chi connectivity index (χ0n) is 60.9. The average molecular weight is 1440 g/mol. The molecule has 10 aromatic rings. The molecule has 7 aliphatic rings. The van der Waals surface area contributed by atoms with Crippen LogP contribution in [-0.4, -0.2) is 111 Å². The number of aliphatic imine (C=N–C) groups is 1. The number of nitrogens with zero attached hydrogens (tertiary/aromatic N) is 8. The number of para-hydroxylation sites is 2. The third-order valence-electron chi connectivity index (χ3n) is 21.2. The number of hydrogen-bond acceptors (Lipinski definition) is 11. The van der Waals surface area contributed by atoms with Gasteiger partial charge in [0.05, 0.1) is 56.3 Å². The van der Waals surface area contributed by atoms with Crippen molar-refractivity contribution in [3.05, 3.63) is 261 Å². The van der Waals surface area contributed by atoms with Gasteiger partial charge < -0.3 is 41.9 Å². The number of halogens is 3.